The van der Waals surface area contributed by atoms with Crippen LogP contribution in [-0.4, -0.2) is 27.9 Å². The van der Waals surface area contributed by atoms with Crippen molar-refractivity contribution in [3.05, 3.63) is 33.7 Å². The summed E-state index contributed by atoms with van der Waals surface area (Å²) in [5.41, 5.74) is -9.70. The predicted octanol–water partition coefficient (Wildman–Crippen LogP) is 3.45. The third kappa shape index (κ3) is 8.43. The number of hydrogen-bond acceptors (Lipinski definition) is 4. The summed E-state index contributed by atoms with van der Waals surface area (Å²) in [4.78, 5) is 0. The molecular weight excluding hydrogens is 426 g/mol. The highest BCUT2D eigenvalue weighted by Gasteiger charge is 2.46. The highest BCUT2D eigenvalue weighted by atomic mass is 32.3. The van der Waals surface area contributed by atoms with Crippen LogP contribution < -0.4 is 4.57 Å². The number of unbranched alkanes of at least 4 members (excludes halogenated alkanes) is 1. The van der Waals surface area contributed by atoms with Crippen molar-refractivity contribution in [2.45, 2.75) is 51.2 Å². The van der Waals surface area contributed by atoms with Gasteiger partial charge in [0.2, 0.25) is 0 Å². The van der Waals surface area contributed by atoms with Crippen LogP contribution in [-0.2, 0) is 26.6 Å². The molecule has 0 bridgehead atoms. The van der Waals surface area contributed by atoms with Gasteiger partial charge in [-0.25, -0.2) is 21.4 Å². The van der Waals surface area contributed by atoms with Crippen molar-refractivity contribution in [3.8, 4) is 0 Å². The van der Waals surface area contributed by atoms with E-state index in [-0.39, 0.29) is 0 Å². The molecule has 0 radical (unpaired) electrons. The average Bonchev–Trinajstić information content (AvgIpc) is 2.41. The van der Waals surface area contributed by atoms with E-state index in [1.54, 1.807) is 0 Å². The summed E-state index contributed by atoms with van der Waals surface area (Å²) in [7, 11) is -13.4. The summed E-state index contributed by atoms with van der Waals surface area (Å²) < 4.78 is 111. The van der Waals surface area contributed by atoms with Crippen LogP contribution in [0.1, 0.15) is 30.9 Å². The molecule has 27 heavy (non-hydrogen) atoms. The Morgan fingerprint density at radius 1 is 0.889 bits per heavy atom. The van der Waals surface area contributed by atoms with Gasteiger partial charge in [-0.3, -0.25) is 0 Å². The van der Waals surface area contributed by atoms with Crippen LogP contribution in [0.5, 0.6) is 0 Å². The summed E-state index contributed by atoms with van der Waals surface area (Å²) in [6.45, 7) is 7.67. The molecule has 0 atom stereocenters. The lowest BCUT2D eigenvalue weighted by molar-refractivity contribution is -0.698. The molecule has 0 saturated heterocycles. The fourth-order valence-corrected chi connectivity index (χ4v) is 3.39. The molecule has 0 aromatic carbocycles. The van der Waals surface area contributed by atoms with Crippen LogP contribution >= 0.6 is 0 Å². The van der Waals surface area contributed by atoms with Crippen molar-refractivity contribution in [1.29, 1.82) is 0 Å². The van der Waals surface area contributed by atoms with Gasteiger partial charge in [-0.1, -0.05) is 13.3 Å². The fraction of sp³-hybridized carbons (Fsp3) is 0.615. The first-order chi connectivity index (χ1) is 11.9. The van der Waals surface area contributed by atoms with Crippen molar-refractivity contribution >= 4 is 20.0 Å². The monoisotopic (exact) mass is 444 g/mol. The van der Waals surface area contributed by atoms with Crippen molar-refractivity contribution < 1.29 is 47.7 Å². The number of aromatic nitrogens is 1. The topological polar surface area (TPSA) is 86.3 Å². The molecule has 1 rings (SSSR count). The van der Waals surface area contributed by atoms with Gasteiger partial charge in [0, 0.05) is 17.5 Å². The van der Waals surface area contributed by atoms with E-state index in [4.69, 9.17) is 0 Å². The highest BCUT2D eigenvalue weighted by Crippen LogP contribution is 2.36. The first-order valence-electron chi connectivity index (χ1n) is 7.27. The van der Waals surface area contributed by atoms with Crippen molar-refractivity contribution in [3.63, 3.8) is 0 Å². The van der Waals surface area contributed by atoms with Gasteiger partial charge in [-0.15, -0.1) is 0 Å². The molecule has 0 spiro atoms. The average molecular weight is 444 g/mol. The third-order valence-electron chi connectivity index (χ3n) is 2.75. The number of nitrogens with zero attached hydrogens (tertiary/aromatic N) is 2. The SMILES string of the molecule is CCCC[n+]1cc(C)cc(C)c1.O=S(=O)([N-]S(=O)(=O)C(F)(F)F)C(F)(F)F. The van der Waals surface area contributed by atoms with Crippen LogP contribution in [0.25, 0.3) is 4.13 Å². The number of halogens is 6. The van der Waals surface area contributed by atoms with Crippen molar-refractivity contribution in [2.24, 2.45) is 0 Å². The molecule has 0 N–H and O–H groups in total. The maximum absolute atomic E-state index is 11.4. The Kier molecular flexibility index (Phi) is 8.71. The van der Waals surface area contributed by atoms with E-state index in [2.05, 4.69) is 43.8 Å². The van der Waals surface area contributed by atoms with E-state index in [1.807, 2.05) is 0 Å². The van der Waals surface area contributed by atoms with Crippen LogP contribution in [0.2, 0.25) is 0 Å². The Bertz CT molecular complexity index is 771. The third-order valence-corrected chi connectivity index (χ3v) is 5.49. The molecule has 158 valence electrons. The zero-order valence-electron chi connectivity index (χ0n) is 14.5. The Morgan fingerprint density at radius 3 is 1.56 bits per heavy atom. The number of hydrogen-bond donors (Lipinski definition) is 0. The Morgan fingerprint density at radius 2 is 1.26 bits per heavy atom. The van der Waals surface area contributed by atoms with Crippen molar-refractivity contribution in [1.82, 2.24) is 0 Å². The molecule has 0 aliphatic heterocycles. The zero-order chi connectivity index (χ0) is 21.7. The van der Waals surface area contributed by atoms with Gasteiger partial charge < -0.3 is 4.13 Å². The van der Waals surface area contributed by atoms with E-state index in [1.165, 1.54) is 24.0 Å². The number of sulfonamides is 2. The van der Waals surface area contributed by atoms with Crippen LogP contribution in [0, 0.1) is 13.8 Å². The maximum Gasteiger partial charge on any atom is 0.480 e. The van der Waals surface area contributed by atoms with E-state index in [9.17, 15) is 43.2 Å². The Hall–Kier alpha value is -1.41. The number of pyridine rings is 1. The smallest absolute Gasteiger partial charge is 0.421 e. The van der Waals surface area contributed by atoms with Crippen molar-refractivity contribution in [2.75, 3.05) is 0 Å². The number of rotatable bonds is 5. The summed E-state index contributed by atoms with van der Waals surface area (Å²) in [6, 6.07) is 2.21. The molecule has 0 aliphatic rings. The predicted molar refractivity (Wildman–Crippen MR) is 84.3 cm³/mol. The fourth-order valence-electron chi connectivity index (χ4n) is 1.68. The minimum atomic E-state index is -6.72. The highest BCUT2D eigenvalue weighted by molar-refractivity contribution is 8.13. The molecule has 14 heteroatoms. The van der Waals surface area contributed by atoms with Gasteiger partial charge >= 0.3 is 11.0 Å². The van der Waals surface area contributed by atoms with Crippen LogP contribution in [0.3, 0.4) is 0 Å². The first kappa shape index (κ1) is 25.6. The van der Waals surface area contributed by atoms with Gasteiger partial charge in [-0.2, -0.15) is 26.3 Å². The van der Waals surface area contributed by atoms with Gasteiger partial charge in [0.25, 0.3) is 0 Å². The molecule has 0 aliphatic carbocycles. The summed E-state index contributed by atoms with van der Waals surface area (Å²) in [5, 5.41) is 0. The molecule has 0 unspecified atom stereocenters. The lowest BCUT2D eigenvalue weighted by Gasteiger charge is -2.22. The number of aryl methyl sites for hydroxylation is 3. The molecule has 0 amide bonds. The second-order valence-electron chi connectivity index (χ2n) is 5.40. The van der Waals surface area contributed by atoms with Gasteiger partial charge in [-0.05, 0) is 19.9 Å². The van der Waals surface area contributed by atoms with E-state index in [0.29, 0.717) is 0 Å². The van der Waals surface area contributed by atoms with Gasteiger partial charge in [0.1, 0.15) is 6.54 Å². The Labute approximate surface area is 153 Å². The van der Waals surface area contributed by atoms with E-state index >= 15 is 0 Å². The largest absolute Gasteiger partial charge is 0.480 e. The van der Waals surface area contributed by atoms with Gasteiger partial charge in [0.15, 0.2) is 32.4 Å². The quantitative estimate of drug-likeness (QED) is 0.514. The van der Waals surface area contributed by atoms with Crippen LogP contribution in [0.15, 0.2) is 18.5 Å². The lowest BCUT2D eigenvalue weighted by Crippen LogP contribution is -2.33. The normalized spacial score (nSPS) is 13.1. The number of alkyl halides is 6. The standard InChI is InChI=1S/C11H18N.C2F6NO4S2/c1-4-5-6-12-8-10(2)7-11(3)9-12;3-1(4,5)14(10,11)9-15(12,13)2(6,7)8/h7-9H,4-6H2,1-3H3;/q+1;-1. The molecule has 1 aromatic heterocycles. The molecule has 0 saturated carbocycles. The molecule has 1 heterocycles. The molecule has 0 fully saturated rings. The van der Waals surface area contributed by atoms with Gasteiger partial charge in [0.05, 0.1) is 0 Å². The molecular formula is C13H18F6N2O4S2. The second kappa shape index (κ2) is 9.19. The maximum atomic E-state index is 11.4. The molecule has 6 nitrogen and oxygen atoms in total. The van der Waals surface area contributed by atoms with E-state index in [0.717, 1.165) is 10.7 Å². The van der Waals surface area contributed by atoms with Crippen LogP contribution in [0.4, 0.5) is 26.3 Å². The molecule has 1 aromatic rings. The Balaban J connectivity index is 0.000000511. The summed E-state index contributed by atoms with van der Waals surface area (Å²) in [6.07, 6.45) is 6.96. The minimum Gasteiger partial charge on any atom is -0.421 e. The summed E-state index contributed by atoms with van der Waals surface area (Å²) >= 11 is 0. The minimum absolute atomic E-state index is 0.778. The lowest BCUT2D eigenvalue weighted by atomic mass is 10.2. The first-order valence-corrected chi connectivity index (χ1v) is 10.1. The summed E-state index contributed by atoms with van der Waals surface area (Å²) in [5.74, 6) is 0. The zero-order valence-corrected chi connectivity index (χ0v) is 16.1. The van der Waals surface area contributed by atoms with E-state index < -0.39 is 31.1 Å². The second-order valence-corrected chi connectivity index (χ2v) is 8.82.